The number of aliphatic imine (C=N–C) groups is 1. The van der Waals surface area contributed by atoms with Crippen LogP contribution < -0.4 is 10.6 Å². The van der Waals surface area contributed by atoms with E-state index in [4.69, 9.17) is 11.6 Å². The van der Waals surface area contributed by atoms with E-state index >= 15 is 0 Å². The van der Waals surface area contributed by atoms with E-state index in [-0.39, 0.29) is 12.0 Å². The van der Waals surface area contributed by atoms with Gasteiger partial charge in [0.1, 0.15) is 0 Å². The van der Waals surface area contributed by atoms with Crippen molar-refractivity contribution in [3.05, 3.63) is 34.9 Å². The third kappa shape index (κ3) is 5.99. The molecule has 0 atom stereocenters. The minimum atomic E-state index is 0.212. The van der Waals surface area contributed by atoms with Crippen LogP contribution in [0.5, 0.6) is 0 Å². The molecule has 1 aromatic carbocycles. The van der Waals surface area contributed by atoms with Crippen LogP contribution in [0.3, 0.4) is 0 Å². The van der Waals surface area contributed by atoms with Gasteiger partial charge in [0.05, 0.1) is 6.54 Å². The molecule has 0 aromatic heterocycles. The molecule has 1 aliphatic rings. The summed E-state index contributed by atoms with van der Waals surface area (Å²) in [5.41, 5.74) is 1.35. The van der Waals surface area contributed by atoms with Crippen molar-refractivity contribution < 1.29 is 5.11 Å². The molecule has 0 spiro atoms. The fraction of sp³-hybridized carbons (Fsp3) is 0.632. The normalized spacial score (nSPS) is 17.5. The maximum absolute atomic E-state index is 9.44. The van der Waals surface area contributed by atoms with Gasteiger partial charge in [-0.25, -0.2) is 4.99 Å². The maximum Gasteiger partial charge on any atom is 0.191 e. The summed E-state index contributed by atoms with van der Waals surface area (Å²) < 4.78 is 0. The zero-order valence-electron chi connectivity index (χ0n) is 14.7. The average molecular weight is 352 g/mol. The van der Waals surface area contributed by atoms with Crippen molar-refractivity contribution in [1.29, 1.82) is 0 Å². The first-order chi connectivity index (χ1) is 11.7. The number of guanidine groups is 1. The average Bonchev–Trinajstić information content (AvgIpc) is 2.60. The van der Waals surface area contributed by atoms with Crippen molar-refractivity contribution in [2.45, 2.75) is 52.0 Å². The summed E-state index contributed by atoms with van der Waals surface area (Å²) in [7, 11) is 0. The van der Waals surface area contributed by atoms with Crippen LogP contribution in [-0.2, 0) is 6.54 Å². The Morgan fingerprint density at radius 2 is 1.88 bits per heavy atom. The standard InChI is InChI=1S/C19H30ClN3O/c1-2-21-18(22-14-16-6-8-17(20)9-7-16)23-15-19(12-13-24)10-4-3-5-11-19/h6-9,24H,2-5,10-15H2,1H3,(H2,21,22,23). The van der Waals surface area contributed by atoms with E-state index < -0.39 is 0 Å². The molecule has 0 radical (unpaired) electrons. The summed E-state index contributed by atoms with van der Waals surface area (Å²) in [4.78, 5) is 4.68. The Morgan fingerprint density at radius 3 is 2.50 bits per heavy atom. The van der Waals surface area contributed by atoms with Gasteiger partial charge in [0, 0.05) is 24.7 Å². The van der Waals surface area contributed by atoms with Gasteiger partial charge in [0.2, 0.25) is 0 Å². The van der Waals surface area contributed by atoms with Crippen molar-refractivity contribution >= 4 is 17.6 Å². The molecule has 4 nitrogen and oxygen atoms in total. The monoisotopic (exact) mass is 351 g/mol. The molecule has 1 aromatic rings. The van der Waals surface area contributed by atoms with Crippen molar-refractivity contribution in [2.75, 3.05) is 19.7 Å². The lowest BCUT2D eigenvalue weighted by Crippen LogP contribution is -2.44. The molecule has 0 saturated heterocycles. The molecule has 1 aliphatic carbocycles. The smallest absolute Gasteiger partial charge is 0.191 e. The van der Waals surface area contributed by atoms with Gasteiger partial charge in [-0.3, -0.25) is 0 Å². The predicted molar refractivity (Wildman–Crippen MR) is 101 cm³/mol. The minimum absolute atomic E-state index is 0.212. The summed E-state index contributed by atoms with van der Waals surface area (Å²) in [6.07, 6.45) is 7.10. The van der Waals surface area contributed by atoms with Crippen LogP contribution in [0.25, 0.3) is 0 Å². The van der Waals surface area contributed by atoms with Gasteiger partial charge in [-0.1, -0.05) is 43.0 Å². The molecule has 0 heterocycles. The van der Waals surface area contributed by atoms with Crippen LogP contribution in [0.4, 0.5) is 0 Å². The lowest BCUT2D eigenvalue weighted by molar-refractivity contribution is 0.131. The molecule has 1 saturated carbocycles. The van der Waals surface area contributed by atoms with Crippen molar-refractivity contribution in [1.82, 2.24) is 10.6 Å². The predicted octanol–water partition coefficient (Wildman–Crippen LogP) is 3.73. The Balaban J connectivity index is 1.95. The molecule has 0 unspecified atom stereocenters. The zero-order valence-corrected chi connectivity index (χ0v) is 15.4. The number of halogens is 1. The molecule has 3 N–H and O–H groups in total. The fourth-order valence-corrected chi connectivity index (χ4v) is 3.55. The number of benzene rings is 1. The fourth-order valence-electron chi connectivity index (χ4n) is 3.43. The molecule has 24 heavy (non-hydrogen) atoms. The van der Waals surface area contributed by atoms with E-state index in [1.54, 1.807) is 0 Å². The van der Waals surface area contributed by atoms with Crippen LogP contribution >= 0.6 is 11.6 Å². The van der Waals surface area contributed by atoms with E-state index in [0.29, 0.717) is 6.54 Å². The molecule has 134 valence electrons. The molecule has 0 aliphatic heterocycles. The summed E-state index contributed by atoms with van der Waals surface area (Å²) in [6.45, 7) is 4.67. The Labute approximate surface area is 150 Å². The quantitative estimate of drug-likeness (QED) is 0.518. The highest BCUT2D eigenvalue weighted by Crippen LogP contribution is 2.38. The number of nitrogens with one attached hydrogen (secondary N) is 2. The third-order valence-corrected chi connectivity index (χ3v) is 5.12. The van der Waals surface area contributed by atoms with Crippen LogP contribution in [0.2, 0.25) is 5.02 Å². The topological polar surface area (TPSA) is 56.7 Å². The molecule has 1 fully saturated rings. The van der Waals surface area contributed by atoms with Gasteiger partial charge in [-0.05, 0) is 49.3 Å². The van der Waals surface area contributed by atoms with Crippen molar-refractivity contribution in [3.63, 3.8) is 0 Å². The summed E-state index contributed by atoms with van der Waals surface area (Å²) >= 11 is 5.92. The second-order valence-electron chi connectivity index (χ2n) is 6.71. The van der Waals surface area contributed by atoms with Crippen molar-refractivity contribution in [2.24, 2.45) is 10.4 Å². The van der Waals surface area contributed by atoms with E-state index in [9.17, 15) is 5.11 Å². The second kappa shape index (κ2) is 9.90. The van der Waals surface area contributed by atoms with E-state index in [1.807, 2.05) is 24.3 Å². The number of hydrogen-bond acceptors (Lipinski definition) is 2. The number of aliphatic hydroxyl groups is 1. The molecule has 2 rings (SSSR count). The van der Waals surface area contributed by atoms with E-state index in [0.717, 1.165) is 36.1 Å². The Bertz CT molecular complexity index is 504. The molecule has 0 bridgehead atoms. The lowest BCUT2D eigenvalue weighted by Gasteiger charge is -2.37. The second-order valence-corrected chi connectivity index (χ2v) is 7.15. The van der Waals surface area contributed by atoms with Gasteiger partial charge in [0.25, 0.3) is 0 Å². The van der Waals surface area contributed by atoms with E-state index in [1.165, 1.54) is 32.1 Å². The van der Waals surface area contributed by atoms with Gasteiger partial charge in [0.15, 0.2) is 5.96 Å². The minimum Gasteiger partial charge on any atom is -0.396 e. The van der Waals surface area contributed by atoms with Crippen LogP contribution in [-0.4, -0.2) is 30.8 Å². The van der Waals surface area contributed by atoms with Crippen LogP contribution in [0, 0.1) is 5.41 Å². The first-order valence-corrected chi connectivity index (χ1v) is 9.43. The van der Waals surface area contributed by atoms with Crippen LogP contribution in [0.15, 0.2) is 29.3 Å². The Hall–Kier alpha value is -1.26. The summed E-state index contributed by atoms with van der Waals surface area (Å²) in [6, 6.07) is 7.80. The molecular formula is C19H30ClN3O. The van der Waals surface area contributed by atoms with Gasteiger partial charge in [-0.2, -0.15) is 0 Å². The molecule has 5 heteroatoms. The first-order valence-electron chi connectivity index (χ1n) is 9.05. The highest BCUT2D eigenvalue weighted by Gasteiger charge is 2.31. The van der Waals surface area contributed by atoms with Crippen LogP contribution in [0.1, 0.15) is 51.0 Å². The lowest BCUT2D eigenvalue weighted by atomic mass is 9.72. The molecular weight excluding hydrogens is 322 g/mol. The van der Waals surface area contributed by atoms with E-state index in [2.05, 4.69) is 22.5 Å². The highest BCUT2D eigenvalue weighted by atomic mass is 35.5. The zero-order chi connectivity index (χ0) is 17.3. The van der Waals surface area contributed by atoms with Gasteiger partial charge < -0.3 is 15.7 Å². The number of hydrogen-bond donors (Lipinski definition) is 3. The maximum atomic E-state index is 9.44. The van der Waals surface area contributed by atoms with Gasteiger partial charge in [-0.15, -0.1) is 0 Å². The highest BCUT2D eigenvalue weighted by molar-refractivity contribution is 6.30. The number of aliphatic hydroxyl groups excluding tert-OH is 1. The first kappa shape index (κ1) is 19.1. The third-order valence-electron chi connectivity index (χ3n) is 4.86. The van der Waals surface area contributed by atoms with Crippen molar-refractivity contribution in [3.8, 4) is 0 Å². The Kier molecular flexibility index (Phi) is 7.86. The Morgan fingerprint density at radius 1 is 1.17 bits per heavy atom. The SMILES string of the molecule is CCNC(=NCc1ccc(Cl)cc1)NCC1(CCO)CCCCC1. The summed E-state index contributed by atoms with van der Waals surface area (Å²) in [5, 5.41) is 17.0. The largest absolute Gasteiger partial charge is 0.396 e. The molecule has 0 amide bonds. The number of nitrogens with zero attached hydrogens (tertiary/aromatic N) is 1. The van der Waals surface area contributed by atoms with Gasteiger partial charge >= 0.3 is 0 Å². The summed E-state index contributed by atoms with van der Waals surface area (Å²) in [5.74, 6) is 0.843. The number of rotatable bonds is 7.